The molecule has 1 amide bonds. The Morgan fingerprint density at radius 1 is 1.25 bits per heavy atom. The summed E-state index contributed by atoms with van der Waals surface area (Å²) in [5.41, 5.74) is 1.24. The van der Waals surface area contributed by atoms with Gasteiger partial charge in [-0.1, -0.05) is 12.8 Å². The van der Waals surface area contributed by atoms with E-state index >= 15 is 0 Å². The van der Waals surface area contributed by atoms with E-state index in [9.17, 15) is 9.18 Å². The molecule has 20 heavy (non-hydrogen) atoms. The first-order valence-corrected chi connectivity index (χ1v) is 7.43. The lowest BCUT2D eigenvalue weighted by Crippen LogP contribution is -2.35. The monoisotopic (exact) mass is 278 g/mol. The van der Waals surface area contributed by atoms with E-state index in [0.29, 0.717) is 17.7 Å². The summed E-state index contributed by atoms with van der Waals surface area (Å²) >= 11 is 0. The molecular weight excluding hydrogens is 255 g/mol. The Balaban J connectivity index is 1.79. The lowest BCUT2D eigenvalue weighted by molar-refractivity contribution is 0.0948. The van der Waals surface area contributed by atoms with Gasteiger partial charge in [0.25, 0.3) is 5.91 Å². The highest BCUT2D eigenvalue weighted by Crippen LogP contribution is 2.10. The van der Waals surface area contributed by atoms with Crippen LogP contribution in [0.15, 0.2) is 18.2 Å². The predicted molar refractivity (Wildman–Crippen MR) is 78.4 cm³/mol. The van der Waals surface area contributed by atoms with E-state index < -0.39 is 0 Å². The largest absolute Gasteiger partial charge is 0.351 e. The van der Waals surface area contributed by atoms with Crippen LogP contribution in [0, 0.1) is 12.7 Å². The third-order valence-corrected chi connectivity index (χ3v) is 3.85. The van der Waals surface area contributed by atoms with Gasteiger partial charge in [-0.2, -0.15) is 0 Å². The topological polar surface area (TPSA) is 32.3 Å². The summed E-state index contributed by atoms with van der Waals surface area (Å²) in [5, 5.41) is 2.92. The zero-order chi connectivity index (χ0) is 14.4. The van der Waals surface area contributed by atoms with Gasteiger partial charge in [0, 0.05) is 18.7 Å². The highest BCUT2D eigenvalue weighted by Gasteiger charge is 2.11. The summed E-state index contributed by atoms with van der Waals surface area (Å²) in [7, 11) is 0. The van der Waals surface area contributed by atoms with Crippen molar-refractivity contribution in [2.75, 3.05) is 26.2 Å². The third kappa shape index (κ3) is 4.30. The lowest BCUT2D eigenvalue weighted by Gasteiger charge is -2.19. The van der Waals surface area contributed by atoms with Crippen molar-refractivity contribution in [3.8, 4) is 0 Å². The van der Waals surface area contributed by atoms with E-state index in [-0.39, 0.29) is 11.7 Å². The van der Waals surface area contributed by atoms with E-state index in [4.69, 9.17) is 0 Å². The Morgan fingerprint density at radius 3 is 2.60 bits per heavy atom. The number of rotatable bonds is 4. The number of likely N-dealkylation sites (tertiary alicyclic amines) is 1. The molecule has 0 unspecified atom stereocenters. The fourth-order valence-corrected chi connectivity index (χ4v) is 2.66. The minimum atomic E-state index is -0.302. The van der Waals surface area contributed by atoms with Crippen LogP contribution in [-0.4, -0.2) is 37.0 Å². The summed E-state index contributed by atoms with van der Waals surface area (Å²) in [5.74, 6) is -0.416. The smallest absolute Gasteiger partial charge is 0.251 e. The van der Waals surface area contributed by atoms with Gasteiger partial charge in [0.2, 0.25) is 0 Å². The molecule has 1 aliphatic rings. The number of halogens is 1. The normalized spacial score (nSPS) is 16.7. The fourth-order valence-electron chi connectivity index (χ4n) is 2.66. The highest BCUT2D eigenvalue weighted by atomic mass is 19.1. The molecule has 0 aliphatic carbocycles. The van der Waals surface area contributed by atoms with Gasteiger partial charge in [-0.05, 0) is 56.6 Å². The van der Waals surface area contributed by atoms with E-state index in [1.807, 2.05) is 0 Å². The molecule has 1 aromatic carbocycles. The van der Waals surface area contributed by atoms with Crippen molar-refractivity contribution in [3.63, 3.8) is 0 Å². The Kier molecular flexibility index (Phi) is 5.53. The molecular formula is C16H23FN2O. The Morgan fingerprint density at radius 2 is 1.95 bits per heavy atom. The zero-order valence-corrected chi connectivity index (χ0v) is 12.1. The number of carbonyl (C=O) groups excluding carboxylic acids is 1. The maximum atomic E-state index is 13.0. The second-order valence-corrected chi connectivity index (χ2v) is 5.47. The number of amides is 1. The van der Waals surface area contributed by atoms with E-state index in [1.54, 1.807) is 13.0 Å². The molecule has 0 saturated carbocycles. The van der Waals surface area contributed by atoms with Gasteiger partial charge in [0.1, 0.15) is 5.82 Å². The highest BCUT2D eigenvalue weighted by molar-refractivity contribution is 5.95. The van der Waals surface area contributed by atoms with Crippen molar-refractivity contribution < 1.29 is 9.18 Å². The zero-order valence-electron chi connectivity index (χ0n) is 12.1. The molecule has 110 valence electrons. The van der Waals surface area contributed by atoms with Gasteiger partial charge >= 0.3 is 0 Å². The number of aryl methyl sites for hydroxylation is 1. The minimum Gasteiger partial charge on any atom is -0.351 e. The van der Waals surface area contributed by atoms with Crippen molar-refractivity contribution in [2.24, 2.45) is 0 Å². The van der Waals surface area contributed by atoms with Crippen molar-refractivity contribution in [1.82, 2.24) is 10.2 Å². The molecule has 1 heterocycles. The first-order valence-electron chi connectivity index (χ1n) is 7.43. The van der Waals surface area contributed by atoms with Crippen LogP contribution in [0.4, 0.5) is 4.39 Å². The van der Waals surface area contributed by atoms with Crippen LogP contribution in [0.5, 0.6) is 0 Å². The quantitative estimate of drug-likeness (QED) is 0.918. The van der Waals surface area contributed by atoms with Crippen LogP contribution < -0.4 is 5.32 Å². The van der Waals surface area contributed by atoms with Gasteiger partial charge in [0.05, 0.1) is 0 Å². The molecule has 1 fully saturated rings. The summed E-state index contributed by atoms with van der Waals surface area (Å²) in [6.45, 7) is 5.56. The Labute approximate surface area is 120 Å². The summed E-state index contributed by atoms with van der Waals surface area (Å²) in [4.78, 5) is 14.4. The first kappa shape index (κ1) is 15.0. The summed E-state index contributed by atoms with van der Waals surface area (Å²) in [6.07, 6.45) is 5.14. The summed E-state index contributed by atoms with van der Waals surface area (Å²) < 4.78 is 13.0. The average Bonchev–Trinajstić information content (AvgIpc) is 2.67. The van der Waals surface area contributed by atoms with E-state index in [2.05, 4.69) is 10.2 Å². The summed E-state index contributed by atoms with van der Waals surface area (Å²) in [6, 6.07) is 4.27. The van der Waals surface area contributed by atoms with Gasteiger partial charge in [-0.3, -0.25) is 4.79 Å². The number of carbonyl (C=O) groups is 1. The number of hydrogen-bond acceptors (Lipinski definition) is 2. The predicted octanol–water partition coefficient (Wildman–Crippen LogP) is 2.74. The number of nitrogens with zero attached hydrogens (tertiary/aromatic N) is 1. The molecule has 0 spiro atoms. The molecule has 1 aliphatic heterocycles. The maximum Gasteiger partial charge on any atom is 0.251 e. The second kappa shape index (κ2) is 7.39. The molecule has 1 N–H and O–H groups in total. The van der Waals surface area contributed by atoms with Crippen LogP contribution in [0.2, 0.25) is 0 Å². The van der Waals surface area contributed by atoms with Crippen LogP contribution in [-0.2, 0) is 0 Å². The minimum absolute atomic E-state index is 0.114. The molecule has 1 aromatic rings. The van der Waals surface area contributed by atoms with Crippen LogP contribution >= 0.6 is 0 Å². The molecule has 0 aromatic heterocycles. The van der Waals surface area contributed by atoms with E-state index in [1.165, 1.54) is 37.8 Å². The van der Waals surface area contributed by atoms with Gasteiger partial charge in [0.15, 0.2) is 0 Å². The molecule has 3 nitrogen and oxygen atoms in total. The van der Waals surface area contributed by atoms with Gasteiger partial charge in [-0.15, -0.1) is 0 Å². The molecule has 2 rings (SSSR count). The van der Waals surface area contributed by atoms with Crippen molar-refractivity contribution >= 4 is 5.91 Å². The van der Waals surface area contributed by atoms with E-state index in [0.717, 1.165) is 19.6 Å². The fraction of sp³-hybridized carbons (Fsp3) is 0.562. The van der Waals surface area contributed by atoms with Crippen molar-refractivity contribution in [2.45, 2.75) is 32.6 Å². The number of hydrogen-bond donors (Lipinski definition) is 1. The second-order valence-electron chi connectivity index (χ2n) is 5.47. The van der Waals surface area contributed by atoms with Crippen LogP contribution in [0.3, 0.4) is 0 Å². The number of benzene rings is 1. The molecule has 0 atom stereocenters. The molecule has 1 saturated heterocycles. The Hall–Kier alpha value is -1.42. The van der Waals surface area contributed by atoms with Crippen LogP contribution in [0.25, 0.3) is 0 Å². The van der Waals surface area contributed by atoms with Gasteiger partial charge < -0.3 is 10.2 Å². The third-order valence-electron chi connectivity index (χ3n) is 3.85. The molecule has 0 bridgehead atoms. The molecule has 0 radical (unpaired) electrons. The first-order chi connectivity index (χ1) is 9.66. The van der Waals surface area contributed by atoms with Crippen LogP contribution in [0.1, 0.15) is 41.6 Å². The van der Waals surface area contributed by atoms with Crippen molar-refractivity contribution in [3.05, 3.63) is 35.1 Å². The average molecular weight is 278 g/mol. The number of nitrogens with one attached hydrogen (secondary N) is 1. The maximum absolute atomic E-state index is 13.0. The SMILES string of the molecule is Cc1cc(F)ccc1C(=O)NCCN1CCCCCC1. The Bertz CT molecular complexity index is 454. The van der Waals surface area contributed by atoms with Gasteiger partial charge in [-0.25, -0.2) is 4.39 Å². The molecule has 4 heteroatoms. The standard InChI is InChI=1S/C16H23FN2O/c1-13-12-14(17)6-7-15(13)16(20)18-8-11-19-9-4-2-3-5-10-19/h6-7,12H,2-5,8-11H2,1H3,(H,18,20). The van der Waals surface area contributed by atoms with Crippen molar-refractivity contribution in [1.29, 1.82) is 0 Å². The lowest BCUT2D eigenvalue weighted by atomic mass is 10.1.